The van der Waals surface area contributed by atoms with E-state index in [0.29, 0.717) is 17.6 Å². The minimum absolute atomic E-state index is 0.556. The average molecular weight is 275 g/mol. The van der Waals surface area contributed by atoms with Gasteiger partial charge in [0.05, 0.1) is 0 Å². The molecule has 0 amide bonds. The lowest BCUT2D eigenvalue weighted by atomic mass is 10.1. The van der Waals surface area contributed by atoms with Crippen LogP contribution in [0.25, 0.3) is 5.65 Å². The molecule has 2 aromatic rings. The Kier molecular flexibility index (Phi) is 3.77. The molecule has 7 nitrogen and oxygen atoms in total. The molecule has 1 aliphatic heterocycles. The summed E-state index contributed by atoms with van der Waals surface area (Å²) in [7, 11) is 0. The Morgan fingerprint density at radius 2 is 2.35 bits per heavy atom. The molecular weight excluding hydrogens is 254 g/mol. The smallest absolute Gasteiger partial charge is 0.200 e. The highest BCUT2D eigenvalue weighted by Crippen LogP contribution is 2.16. The first-order chi connectivity index (χ1) is 9.72. The maximum absolute atomic E-state index is 4.51. The highest BCUT2D eigenvalue weighted by atomic mass is 15.6. The van der Waals surface area contributed by atoms with Gasteiger partial charge in [0.25, 0.3) is 0 Å². The molecule has 1 aliphatic rings. The van der Waals surface area contributed by atoms with Crippen LogP contribution < -0.4 is 10.2 Å². The van der Waals surface area contributed by atoms with Crippen molar-refractivity contribution in [3.63, 3.8) is 0 Å². The second kappa shape index (κ2) is 5.70. The van der Waals surface area contributed by atoms with Crippen molar-refractivity contribution in [2.75, 3.05) is 24.5 Å². The van der Waals surface area contributed by atoms with Gasteiger partial charge in [-0.05, 0) is 47.9 Å². The van der Waals surface area contributed by atoms with Gasteiger partial charge < -0.3 is 10.2 Å². The Bertz CT molecular complexity index is 559. The fraction of sp³-hybridized carbons (Fsp3) is 0.692. The van der Waals surface area contributed by atoms with E-state index >= 15 is 0 Å². The molecule has 108 valence electrons. The molecule has 0 saturated carbocycles. The van der Waals surface area contributed by atoms with E-state index in [1.54, 1.807) is 0 Å². The lowest BCUT2D eigenvalue weighted by Gasteiger charge is -2.28. The zero-order valence-corrected chi connectivity index (χ0v) is 12.0. The second-order valence-corrected chi connectivity index (χ2v) is 5.81. The van der Waals surface area contributed by atoms with E-state index in [0.717, 1.165) is 25.5 Å². The summed E-state index contributed by atoms with van der Waals surface area (Å²) < 4.78 is 1.49. The molecule has 2 aromatic heterocycles. The molecule has 20 heavy (non-hydrogen) atoms. The summed E-state index contributed by atoms with van der Waals surface area (Å²) in [6.45, 7) is 7.55. The van der Waals surface area contributed by atoms with Crippen LogP contribution in [0.3, 0.4) is 0 Å². The van der Waals surface area contributed by atoms with E-state index in [1.807, 2.05) is 12.1 Å². The van der Waals surface area contributed by atoms with Crippen molar-refractivity contribution in [2.45, 2.75) is 32.7 Å². The molecule has 1 fully saturated rings. The number of tetrazole rings is 1. The fourth-order valence-electron chi connectivity index (χ4n) is 2.69. The van der Waals surface area contributed by atoms with Gasteiger partial charge in [0.1, 0.15) is 0 Å². The highest BCUT2D eigenvalue weighted by Gasteiger charge is 2.20. The van der Waals surface area contributed by atoms with Crippen molar-refractivity contribution < 1.29 is 0 Å². The molecule has 0 bridgehead atoms. The van der Waals surface area contributed by atoms with Crippen molar-refractivity contribution in [2.24, 2.45) is 5.92 Å². The zero-order chi connectivity index (χ0) is 13.9. The van der Waals surface area contributed by atoms with E-state index < -0.39 is 0 Å². The van der Waals surface area contributed by atoms with E-state index in [4.69, 9.17) is 0 Å². The Morgan fingerprint density at radius 3 is 3.10 bits per heavy atom. The highest BCUT2D eigenvalue weighted by molar-refractivity contribution is 5.44. The Balaban J connectivity index is 1.82. The maximum Gasteiger partial charge on any atom is 0.200 e. The molecule has 0 radical (unpaired) electrons. The van der Waals surface area contributed by atoms with Gasteiger partial charge in [0, 0.05) is 19.1 Å². The molecule has 3 heterocycles. The van der Waals surface area contributed by atoms with Crippen molar-refractivity contribution in [3.05, 3.63) is 12.1 Å². The van der Waals surface area contributed by atoms with E-state index in [2.05, 4.69) is 44.7 Å². The average Bonchev–Trinajstić information content (AvgIpc) is 3.07. The number of fused-ring (bicyclic) bond motifs is 1. The molecule has 0 aliphatic carbocycles. The lowest BCUT2D eigenvalue weighted by molar-refractivity contribution is 0.533. The quantitative estimate of drug-likeness (QED) is 0.867. The molecular formula is C13H21N7. The van der Waals surface area contributed by atoms with Gasteiger partial charge in [-0.1, -0.05) is 13.8 Å². The van der Waals surface area contributed by atoms with Gasteiger partial charge >= 0.3 is 0 Å². The maximum atomic E-state index is 4.51. The summed E-state index contributed by atoms with van der Waals surface area (Å²) >= 11 is 0. The molecule has 1 saturated heterocycles. The summed E-state index contributed by atoms with van der Waals surface area (Å²) in [5.41, 5.74) is 0.678. The van der Waals surface area contributed by atoms with Crippen LogP contribution in [0, 0.1) is 5.92 Å². The third kappa shape index (κ3) is 2.87. The molecule has 1 N–H and O–H groups in total. The summed E-state index contributed by atoms with van der Waals surface area (Å²) in [5.74, 6) is 1.52. The van der Waals surface area contributed by atoms with Crippen molar-refractivity contribution in [1.29, 1.82) is 0 Å². The summed E-state index contributed by atoms with van der Waals surface area (Å²) in [6, 6.07) is 4.47. The largest absolute Gasteiger partial charge is 0.353 e. The van der Waals surface area contributed by atoms with Crippen molar-refractivity contribution in [1.82, 2.24) is 30.6 Å². The van der Waals surface area contributed by atoms with Gasteiger partial charge in [-0.15, -0.1) is 14.8 Å². The van der Waals surface area contributed by atoms with E-state index in [-0.39, 0.29) is 0 Å². The fourth-order valence-corrected chi connectivity index (χ4v) is 2.69. The first-order valence-corrected chi connectivity index (χ1v) is 7.26. The Morgan fingerprint density at radius 1 is 1.45 bits per heavy atom. The predicted octanol–water partition coefficient (Wildman–Crippen LogP) is 0.734. The lowest BCUT2D eigenvalue weighted by Crippen LogP contribution is -2.40. The molecule has 1 unspecified atom stereocenters. The van der Waals surface area contributed by atoms with E-state index in [9.17, 15) is 0 Å². The van der Waals surface area contributed by atoms with Gasteiger partial charge in [0.2, 0.25) is 0 Å². The predicted molar refractivity (Wildman–Crippen MR) is 76.7 cm³/mol. The number of hydrogen-bond acceptors (Lipinski definition) is 6. The van der Waals surface area contributed by atoms with Crippen LogP contribution in [0.5, 0.6) is 0 Å². The third-order valence-electron chi connectivity index (χ3n) is 3.57. The summed E-state index contributed by atoms with van der Waals surface area (Å²) in [4.78, 5) is 2.33. The van der Waals surface area contributed by atoms with Crippen LogP contribution in [-0.4, -0.2) is 50.9 Å². The number of hydrogen-bond donors (Lipinski definition) is 1. The standard InChI is InChI=1S/C13H21N7/c1-10(2)8-19(9-11-4-3-7-14-11)13-6-5-12-15-17-18-20(12)16-13/h5-6,10-11,14H,3-4,7-9H2,1-2H3. The number of rotatable bonds is 5. The first kappa shape index (κ1) is 13.2. The Labute approximate surface area is 118 Å². The van der Waals surface area contributed by atoms with Crippen molar-refractivity contribution in [3.8, 4) is 0 Å². The number of nitrogens with zero attached hydrogens (tertiary/aromatic N) is 6. The van der Waals surface area contributed by atoms with Gasteiger partial charge in [-0.3, -0.25) is 0 Å². The molecule has 3 rings (SSSR count). The van der Waals surface area contributed by atoms with Gasteiger partial charge in [0.15, 0.2) is 11.5 Å². The topological polar surface area (TPSA) is 71.2 Å². The molecule has 0 aromatic carbocycles. The summed E-state index contributed by atoms with van der Waals surface area (Å²) in [5, 5.41) is 19.5. The van der Waals surface area contributed by atoms with Crippen LogP contribution in [0.15, 0.2) is 12.1 Å². The number of nitrogens with one attached hydrogen (secondary N) is 1. The molecule has 0 spiro atoms. The molecule has 1 atom stereocenters. The minimum Gasteiger partial charge on any atom is -0.353 e. The summed E-state index contributed by atoms with van der Waals surface area (Å²) in [6.07, 6.45) is 2.50. The van der Waals surface area contributed by atoms with Crippen LogP contribution in [0.4, 0.5) is 5.82 Å². The third-order valence-corrected chi connectivity index (χ3v) is 3.57. The van der Waals surface area contributed by atoms with Crippen molar-refractivity contribution >= 4 is 11.5 Å². The first-order valence-electron chi connectivity index (χ1n) is 7.26. The number of aromatic nitrogens is 5. The zero-order valence-electron chi connectivity index (χ0n) is 12.0. The second-order valence-electron chi connectivity index (χ2n) is 5.81. The number of anilines is 1. The van der Waals surface area contributed by atoms with Gasteiger partial charge in [-0.2, -0.15) is 0 Å². The van der Waals surface area contributed by atoms with Crippen LogP contribution >= 0.6 is 0 Å². The van der Waals surface area contributed by atoms with E-state index in [1.165, 1.54) is 17.5 Å². The minimum atomic E-state index is 0.556. The normalized spacial score (nSPS) is 19.1. The SMILES string of the molecule is CC(C)CN(CC1CCCN1)c1ccc2nnnn2n1. The van der Waals surface area contributed by atoms with Gasteiger partial charge in [-0.25, -0.2) is 0 Å². The van der Waals surface area contributed by atoms with Crippen LogP contribution in [-0.2, 0) is 0 Å². The Hall–Kier alpha value is -1.76. The van der Waals surface area contributed by atoms with Crippen LogP contribution in [0.1, 0.15) is 26.7 Å². The monoisotopic (exact) mass is 275 g/mol. The van der Waals surface area contributed by atoms with Crippen LogP contribution in [0.2, 0.25) is 0 Å². The molecule has 7 heteroatoms.